The van der Waals surface area contributed by atoms with Gasteiger partial charge in [0.2, 0.25) is 0 Å². The third-order valence-corrected chi connectivity index (χ3v) is 1.87. The van der Waals surface area contributed by atoms with Crippen LogP contribution in [0.25, 0.3) is 0 Å². The Morgan fingerprint density at radius 1 is 1.40 bits per heavy atom. The van der Waals surface area contributed by atoms with E-state index in [0.717, 1.165) is 4.68 Å². The first-order valence-electron chi connectivity index (χ1n) is 4.45. The van der Waals surface area contributed by atoms with Crippen molar-refractivity contribution in [3.63, 3.8) is 0 Å². The normalized spacial score (nSPS) is 12.5. The maximum Gasteiger partial charge on any atom is 0.408 e. The van der Waals surface area contributed by atoms with Gasteiger partial charge in [0.1, 0.15) is 12.2 Å². The van der Waals surface area contributed by atoms with Gasteiger partial charge in [0, 0.05) is 0 Å². The fraction of sp³-hybridized carbons (Fsp3) is 0.750. The molecule has 0 radical (unpaired) electrons. The molecule has 0 atom stereocenters. The Bertz CT molecular complexity index is 332. The highest BCUT2D eigenvalue weighted by atomic mass is 19.4. The second kappa shape index (κ2) is 4.18. The molecule has 0 saturated carbocycles. The zero-order valence-corrected chi connectivity index (χ0v) is 8.41. The highest BCUT2D eigenvalue weighted by Crippen LogP contribution is 2.22. The lowest BCUT2D eigenvalue weighted by Crippen LogP contribution is -2.21. The van der Waals surface area contributed by atoms with E-state index in [1.54, 1.807) is 13.8 Å². The molecule has 0 unspecified atom stereocenters. The summed E-state index contributed by atoms with van der Waals surface area (Å²) < 4.78 is 37.2. The number of aliphatic hydroxyl groups excluding tert-OH is 1. The van der Waals surface area contributed by atoms with Crippen molar-refractivity contribution < 1.29 is 18.3 Å². The molecule has 0 aliphatic heterocycles. The van der Waals surface area contributed by atoms with Crippen molar-refractivity contribution in [2.24, 2.45) is 0 Å². The molecule has 0 aromatic carbocycles. The molecule has 1 aromatic rings. The fourth-order valence-corrected chi connectivity index (χ4v) is 1.39. The van der Waals surface area contributed by atoms with Gasteiger partial charge in [-0.1, -0.05) is 19.1 Å². The molecule has 4 nitrogen and oxygen atoms in total. The fourth-order valence-electron chi connectivity index (χ4n) is 1.39. The Labute approximate surface area is 84.7 Å². The van der Waals surface area contributed by atoms with Crippen LogP contribution < -0.4 is 0 Å². The van der Waals surface area contributed by atoms with Gasteiger partial charge in [-0.3, -0.25) is 0 Å². The van der Waals surface area contributed by atoms with Crippen LogP contribution in [0, 0.1) is 0 Å². The lowest BCUT2D eigenvalue weighted by molar-refractivity contribution is -0.143. The quantitative estimate of drug-likeness (QED) is 0.843. The minimum atomic E-state index is -4.33. The Morgan fingerprint density at radius 3 is 2.40 bits per heavy atom. The third kappa shape index (κ3) is 2.92. The summed E-state index contributed by atoms with van der Waals surface area (Å²) in [6.45, 7) is 1.88. The maximum absolute atomic E-state index is 12.1. The van der Waals surface area contributed by atoms with Crippen molar-refractivity contribution >= 4 is 0 Å². The van der Waals surface area contributed by atoms with Crippen LogP contribution in [-0.4, -0.2) is 26.3 Å². The summed E-state index contributed by atoms with van der Waals surface area (Å²) in [7, 11) is 0. The third-order valence-electron chi connectivity index (χ3n) is 1.87. The molecule has 86 valence electrons. The van der Waals surface area contributed by atoms with Crippen molar-refractivity contribution in [3.05, 3.63) is 11.4 Å². The summed E-state index contributed by atoms with van der Waals surface area (Å²) in [6.07, 6.45) is -4.33. The average molecular weight is 223 g/mol. The molecule has 1 heterocycles. The van der Waals surface area contributed by atoms with Crippen molar-refractivity contribution in [1.29, 1.82) is 0 Å². The molecule has 7 heteroatoms. The first-order chi connectivity index (χ1) is 6.85. The lowest BCUT2D eigenvalue weighted by Gasteiger charge is -2.12. The van der Waals surface area contributed by atoms with Crippen LogP contribution in [0.4, 0.5) is 13.2 Å². The van der Waals surface area contributed by atoms with E-state index in [4.69, 9.17) is 5.11 Å². The predicted molar refractivity (Wildman–Crippen MR) is 46.1 cm³/mol. The SMILES string of the molecule is CC(C)c1c(CO)nnn1CC(F)(F)F. The minimum Gasteiger partial charge on any atom is -0.390 e. The molecular weight excluding hydrogens is 211 g/mol. The molecule has 0 bridgehead atoms. The minimum absolute atomic E-state index is 0.162. The van der Waals surface area contributed by atoms with Gasteiger partial charge in [-0.2, -0.15) is 13.2 Å². The van der Waals surface area contributed by atoms with Gasteiger partial charge < -0.3 is 5.11 Å². The van der Waals surface area contributed by atoms with E-state index in [0.29, 0.717) is 5.69 Å². The number of hydrogen-bond acceptors (Lipinski definition) is 3. The van der Waals surface area contributed by atoms with Gasteiger partial charge in [-0.15, -0.1) is 5.10 Å². The summed E-state index contributed by atoms with van der Waals surface area (Å²) in [4.78, 5) is 0. The van der Waals surface area contributed by atoms with Gasteiger partial charge in [0.05, 0.1) is 12.3 Å². The zero-order chi connectivity index (χ0) is 11.6. The van der Waals surface area contributed by atoms with Crippen LogP contribution in [-0.2, 0) is 13.2 Å². The van der Waals surface area contributed by atoms with Crippen molar-refractivity contribution in [3.8, 4) is 0 Å². The van der Waals surface area contributed by atoms with E-state index >= 15 is 0 Å². The van der Waals surface area contributed by atoms with E-state index in [1.807, 2.05) is 0 Å². The Morgan fingerprint density at radius 2 is 2.00 bits per heavy atom. The van der Waals surface area contributed by atoms with E-state index in [1.165, 1.54) is 0 Å². The van der Waals surface area contributed by atoms with Gasteiger partial charge in [0.15, 0.2) is 0 Å². The Hall–Kier alpha value is -1.11. The molecule has 0 spiro atoms. The standard InChI is InChI=1S/C8H12F3N3O/c1-5(2)7-6(3-15)12-13-14(7)4-8(9,10)11/h5,15H,3-4H2,1-2H3. The van der Waals surface area contributed by atoms with Crippen molar-refractivity contribution in [2.45, 2.75) is 39.1 Å². The summed E-state index contributed by atoms with van der Waals surface area (Å²) >= 11 is 0. The Kier molecular flexibility index (Phi) is 3.33. The monoisotopic (exact) mass is 223 g/mol. The second-order valence-electron chi connectivity index (χ2n) is 3.51. The molecule has 0 fully saturated rings. The van der Waals surface area contributed by atoms with Crippen LogP contribution in [0.5, 0.6) is 0 Å². The van der Waals surface area contributed by atoms with Crippen molar-refractivity contribution in [2.75, 3.05) is 0 Å². The van der Waals surface area contributed by atoms with Gasteiger partial charge in [-0.25, -0.2) is 4.68 Å². The number of halogens is 3. The molecule has 0 aliphatic carbocycles. The molecular formula is C8H12F3N3O. The van der Waals surface area contributed by atoms with Crippen molar-refractivity contribution in [1.82, 2.24) is 15.0 Å². The first kappa shape index (κ1) is 12.0. The summed E-state index contributed by atoms with van der Waals surface area (Å²) in [5, 5.41) is 15.8. The lowest BCUT2D eigenvalue weighted by atomic mass is 10.1. The highest BCUT2D eigenvalue weighted by molar-refractivity contribution is 5.13. The number of aromatic nitrogens is 3. The number of alkyl halides is 3. The van der Waals surface area contributed by atoms with E-state index in [2.05, 4.69) is 10.3 Å². The Balaban J connectivity index is 3.03. The molecule has 1 N–H and O–H groups in total. The molecule has 15 heavy (non-hydrogen) atoms. The second-order valence-corrected chi connectivity index (χ2v) is 3.51. The van der Waals surface area contributed by atoms with E-state index < -0.39 is 19.3 Å². The number of hydrogen-bond donors (Lipinski definition) is 1. The number of aliphatic hydroxyl groups is 1. The van der Waals surface area contributed by atoms with E-state index in [-0.39, 0.29) is 11.6 Å². The predicted octanol–water partition coefficient (Wildman–Crippen LogP) is 1.46. The van der Waals surface area contributed by atoms with Gasteiger partial charge >= 0.3 is 6.18 Å². The zero-order valence-electron chi connectivity index (χ0n) is 8.41. The average Bonchev–Trinajstić information content (AvgIpc) is 2.44. The van der Waals surface area contributed by atoms with E-state index in [9.17, 15) is 13.2 Å². The van der Waals surface area contributed by atoms with Crippen LogP contribution in [0.3, 0.4) is 0 Å². The summed E-state index contributed by atoms with van der Waals surface area (Å²) in [6, 6.07) is 0. The van der Waals surface area contributed by atoms with Crippen LogP contribution >= 0.6 is 0 Å². The first-order valence-corrected chi connectivity index (χ1v) is 4.45. The molecule has 0 saturated heterocycles. The smallest absolute Gasteiger partial charge is 0.390 e. The topological polar surface area (TPSA) is 50.9 Å². The molecule has 0 aliphatic rings. The van der Waals surface area contributed by atoms with Gasteiger partial charge in [-0.05, 0) is 5.92 Å². The van der Waals surface area contributed by atoms with Crippen LogP contribution in [0.15, 0.2) is 0 Å². The summed E-state index contributed by atoms with van der Waals surface area (Å²) in [5.74, 6) is -0.162. The molecule has 1 aromatic heterocycles. The van der Waals surface area contributed by atoms with Crippen LogP contribution in [0.2, 0.25) is 0 Å². The van der Waals surface area contributed by atoms with Crippen LogP contribution in [0.1, 0.15) is 31.2 Å². The molecule has 1 rings (SSSR count). The highest BCUT2D eigenvalue weighted by Gasteiger charge is 2.31. The maximum atomic E-state index is 12.1. The number of rotatable bonds is 3. The molecule has 0 amide bonds. The largest absolute Gasteiger partial charge is 0.408 e. The van der Waals surface area contributed by atoms with Gasteiger partial charge in [0.25, 0.3) is 0 Å². The number of nitrogens with zero attached hydrogens (tertiary/aromatic N) is 3. The summed E-state index contributed by atoms with van der Waals surface area (Å²) in [5.41, 5.74) is 0.532.